The number of H-pyrrole nitrogens is 2. The van der Waals surface area contributed by atoms with Crippen LogP contribution in [0.3, 0.4) is 0 Å². The first kappa shape index (κ1) is 29.2. The van der Waals surface area contributed by atoms with Crippen LogP contribution < -0.4 is 20.6 Å². The minimum atomic E-state index is -0.450. The van der Waals surface area contributed by atoms with Crippen molar-refractivity contribution in [2.45, 2.75) is 0 Å². The van der Waals surface area contributed by atoms with Gasteiger partial charge in [-0.3, -0.25) is 19.7 Å². The molecule has 0 bridgehead atoms. The molecule has 0 radical (unpaired) electrons. The fourth-order valence-corrected chi connectivity index (χ4v) is 5.13. The summed E-state index contributed by atoms with van der Waals surface area (Å²) in [5.41, 5.74) is 5.54. The molecule has 222 valence electrons. The summed E-state index contributed by atoms with van der Waals surface area (Å²) < 4.78 is 10.7. The average molecular weight is 618 g/mol. The van der Waals surface area contributed by atoms with E-state index in [9.17, 15) is 19.7 Å². The molecule has 1 aliphatic rings. The number of fused-ring (bicyclic) bond motifs is 1. The molecule has 0 amide bonds. The van der Waals surface area contributed by atoms with Crippen LogP contribution in [0, 0.1) is 10.1 Å². The van der Waals surface area contributed by atoms with Crippen molar-refractivity contribution >= 4 is 17.3 Å². The molecule has 0 unspecified atom stereocenters. The Morgan fingerprint density at radius 2 is 1.22 bits per heavy atom. The zero-order valence-corrected chi connectivity index (χ0v) is 24.3. The van der Waals surface area contributed by atoms with E-state index in [1.807, 2.05) is 78.9 Å². The van der Waals surface area contributed by atoms with Gasteiger partial charge in [0.05, 0.1) is 10.6 Å². The molecule has 9 nitrogen and oxygen atoms in total. The molecule has 0 fully saturated rings. The van der Waals surface area contributed by atoms with Crippen LogP contribution in [0.1, 0.15) is 0 Å². The van der Waals surface area contributed by atoms with E-state index in [4.69, 9.17) is 21.1 Å². The number of aromatic amines is 2. The second-order valence-electron chi connectivity index (χ2n) is 10.0. The number of rotatable bonds is 5. The lowest BCUT2D eigenvalue weighted by Gasteiger charge is -2.08. The summed E-state index contributed by atoms with van der Waals surface area (Å²) in [6.45, 7) is 0.221. The van der Waals surface area contributed by atoms with Crippen molar-refractivity contribution in [2.75, 3.05) is 6.79 Å². The van der Waals surface area contributed by atoms with Gasteiger partial charge in [-0.05, 0) is 58.1 Å². The SMILES string of the molecule is O=c1cc(-c2ccc3c(c2)OCO3)cc(-c2ccccc2Cl)[nH]1.O=c1cc(-c2cccc([N+](=O)[O-])c2)cc(-c2ccccc2)[nH]1. The van der Waals surface area contributed by atoms with E-state index in [-0.39, 0.29) is 23.6 Å². The summed E-state index contributed by atoms with van der Waals surface area (Å²) in [6, 6.07) is 35.4. The molecule has 4 aromatic carbocycles. The molecule has 45 heavy (non-hydrogen) atoms. The Morgan fingerprint density at radius 1 is 0.600 bits per heavy atom. The molecule has 7 rings (SSSR count). The van der Waals surface area contributed by atoms with Gasteiger partial charge in [0.25, 0.3) is 5.69 Å². The monoisotopic (exact) mass is 617 g/mol. The number of nitrogens with zero attached hydrogens (tertiary/aromatic N) is 1. The average Bonchev–Trinajstić information content (AvgIpc) is 3.53. The van der Waals surface area contributed by atoms with E-state index in [0.29, 0.717) is 39.0 Å². The third kappa shape index (κ3) is 6.69. The van der Waals surface area contributed by atoms with E-state index >= 15 is 0 Å². The maximum atomic E-state index is 12.0. The predicted molar refractivity (Wildman–Crippen MR) is 174 cm³/mol. The van der Waals surface area contributed by atoms with E-state index in [0.717, 1.165) is 22.3 Å². The van der Waals surface area contributed by atoms with Gasteiger partial charge in [-0.25, -0.2) is 0 Å². The number of aromatic nitrogens is 2. The van der Waals surface area contributed by atoms with Crippen molar-refractivity contribution in [1.82, 2.24) is 9.97 Å². The maximum Gasteiger partial charge on any atom is 0.270 e. The Balaban J connectivity index is 0.000000159. The number of halogens is 1. The van der Waals surface area contributed by atoms with Crippen LogP contribution >= 0.6 is 11.6 Å². The fourth-order valence-electron chi connectivity index (χ4n) is 4.89. The molecular weight excluding hydrogens is 594 g/mol. The number of pyridine rings is 2. The number of ether oxygens (including phenoxy) is 2. The minimum Gasteiger partial charge on any atom is -0.454 e. The zero-order chi connectivity index (χ0) is 31.3. The Morgan fingerprint density at radius 3 is 1.96 bits per heavy atom. The van der Waals surface area contributed by atoms with Gasteiger partial charge in [-0.1, -0.05) is 78.3 Å². The van der Waals surface area contributed by atoms with E-state index < -0.39 is 4.92 Å². The first-order valence-corrected chi connectivity index (χ1v) is 14.2. The van der Waals surface area contributed by atoms with Gasteiger partial charge in [0.1, 0.15) is 0 Å². The standard InChI is InChI=1S/C18H12ClNO3.C17H12N2O3/c19-14-4-2-1-3-13(14)15-7-12(9-18(21)20-15)11-5-6-16-17(8-11)23-10-22-16;20-17-11-14(13-7-4-8-15(9-13)19(21)22)10-16(18-17)12-5-2-1-3-6-12/h1-9H,10H2,(H,20,21);1-11H,(H,18,20). The van der Waals surface area contributed by atoms with Crippen molar-refractivity contribution in [3.05, 3.63) is 157 Å². The van der Waals surface area contributed by atoms with Crippen LogP contribution in [0.25, 0.3) is 44.8 Å². The van der Waals surface area contributed by atoms with Crippen LogP contribution in [-0.4, -0.2) is 21.7 Å². The molecular formula is C35H24ClN3O6. The van der Waals surface area contributed by atoms with E-state index in [1.54, 1.807) is 24.3 Å². The number of hydrogen-bond acceptors (Lipinski definition) is 6. The van der Waals surface area contributed by atoms with Gasteiger partial charge < -0.3 is 19.4 Å². The van der Waals surface area contributed by atoms with E-state index in [2.05, 4.69) is 9.97 Å². The fraction of sp³-hybridized carbons (Fsp3) is 0.0286. The number of hydrogen-bond donors (Lipinski definition) is 2. The third-order valence-electron chi connectivity index (χ3n) is 7.03. The van der Waals surface area contributed by atoms with Gasteiger partial charge in [0.2, 0.25) is 17.9 Å². The smallest absolute Gasteiger partial charge is 0.270 e. The van der Waals surface area contributed by atoms with Crippen molar-refractivity contribution in [3.8, 4) is 56.3 Å². The Hall–Kier alpha value is -5.93. The molecule has 1 aliphatic heterocycles. The first-order valence-electron chi connectivity index (χ1n) is 13.8. The lowest BCUT2D eigenvalue weighted by atomic mass is 10.0. The Bertz CT molecular complexity index is 2140. The highest BCUT2D eigenvalue weighted by Gasteiger charge is 2.15. The van der Waals surface area contributed by atoms with Crippen molar-refractivity contribution in [1.29, 1.82) is 0 Å². The molecule has 2 N–H and O–H groups in total. The number of nitrogens with one attached hydrogen (secondary N) is 2. The lowest BCUT2D eigenvalue weighted by molar-refractivity contribution is -0.384. The highest BCUT2D eigenvalue weighted by molar-refractivity contribution is 6.33. The van der Waals surface area contributed by atoms with Crippen LogP contribution in [0.2, 0.25) is 5.02 Å². The second kappa shape index (κ2) is 12.7. The molecule has 0 saturated heterocycles. The minimum absolute atomic E-state index is 0.000886. The normalized spacial score (nSPS) is 11.4. The maximum absolute atomic E-state index is 12.0. The van der Waals surface area contributed by atoms with E-state index in [1.165, 1.54) is 18.2 Å². The number of non-ortho nitro benzene ring substituents is 1. The molecule has 6 aromatic rings. The molecule has 0 spiro atoms. The van der Waals surface area contributed by atoms with Gasteiger partial charge >= 0.3 is 0 Å². The highest BCUT2D eigenvalue weighted by atomic mass is 35.5. The summed E-state index contributed by atoms with van der Waals surface area (Å²) in [6.07, 6.45) is 0. The predicted octanol–water partition coefficient (Wildman–Crippen LogP) is 7.71. The Labute approximate surface area is 261 Å². The molecule has 2 aromatic heterocycles. The quantitative estimate of drug-likeness (QED) is 0.151. The summed E-state index contributed by atoms with van der Waals surface area (Å²) in [4.78, 5) is 40.0. The van der Waals surface area contributed by atoms with Gasteiger partial charge in [0.15, 0.2) is 11.5 Å². The van der Waals surface area contributed by atoms with Crippen LogP contribution in [0.4, 0.5) is 5.69 Å². The summed E-state index contributed by atoms with van der Waals surface area (Å²) in [5, 5.41) is 11.5. The van der Waals surface area contributed by atoms with Crippen LogP contribution in [0.15, 0.2) is 131 Å². The van der Waals surface area contributed by atoms with Crippen molar-refractivity contribution in [3.63, 3.8) is 0 Å². The Kier molecular flexibility index (Phi) is 8.26. The summed E-state index contributed by atoms with van der Waals surface area (Å²) >= 11 is 6.23. The van der Waals surface area contributed by atoms with Crippen LogP contribution in [-0.2, 0) is 0 Å². The first-order chi connectivity index (χ1) is 21.8. The summed E-state index contributed by atoms with van der Waals surface area (Å²) in [5.74, 6) is 1.40. The zero-order valence-electron chi connectivity index (χ0n) is 23.5. The van der Waals surface area contributed by atoms with Gasteiger partial charge in [-0.2, -0.15) is 0 Å². The van der Waals surface area contributed by atoms with Crippen LogP contribution in [0.5, 0.6) is 11.5 Å². The van der Waals surface area contributed by atoms with Crippen molar-refractivity contribution in [2.24, 2.45) is 0 Å². The molecule has 10 heteroatoms. The van der Waals surface area contributed by atoms with Gasteiger partial charge in [-0.15, -0.1) is 0 Å². The van der Waals surface area contributed by atoms with Crippen molar-refractivity contribution < 1.29 is 14.4 Å². The molecule has 0 saturated carbocycles. The lowest BCUT2D eigenvalue weighted by Crippen LogP contribution is -2.05. The third-order valence-corrected chi connectivity index (χ3v) is 7.36. The highest BCUT2D eigenvalue weighted by Crippen LogP contribution is 2.36. The second-order valence-corrected chi connectivity index (χ2v) is 10.4. The molecule has 0 atom stereocenters. The molecule has 0 aliphatic carbocycles. The number of nitro groups is 1. The van der Waals surface area contributed by atoms with Gasteiger partial charge in [0, 0.05) is 40.5 Å². The number of nitro benzene ring substituents is 1. The summed E-state index contributed by atoms with van der Waals surface area (Å²) in [7, 11) is 0. The topological polar surface area (TPSA) is 127 Å². The largest absolute Gasteiger partial charge is 0.454 e. The number of benzene rings is 4. The molecule has 3 heterocycles.